The first-order chi connectivity index (χ1) is 14.5. The number of ether oxygens (including phenoxy) is 2. The fraction of sp³-hybridized carbons (Fsp3) is 0.429. The maximum atomic E-state index is 12.0. The van der Waals surface area contributed by atoms with Crippen molar-refractivity contribution in [3.05, 3.63) is 52.3 Å². The smallest absolute Gasteiger partial charge is 0.394 e. The topological polar surface area (TPSA) is 84.9 Å². The predicted octanol–water partition coefficient (Wildman–Crippen LogP) is 2.08. The minimum atomic E-state index is -1.55. The minimum Gasteiger partial charge on any atom is -0.394 e. The first-order valence-corrected chi connectivity index (χ1v) is 10.5. The Morgan fingerprint density at radius 3 is 2.53 bits per heavy atom. The zero-order valence-corrected chi connectivity index (χ0v) is 17.1. The van der Waals surface area contributed by atoms with Crippen LogP contribution in [0.3, 0.4) is 0 Å². The number of piperazine rings is 1. The summed E-state index contributed by atoms with van der Waals surface area (Å²) in [4.78, 5) is 36.9. The summed E-state index contributed by atoms with van der Waals surface area (Å²) in [5.74, 6) is -3.12. The van der Waals surface area contributed by atoms with E-state index in [0.29, 0.717) is 30.6 Å². The molecular weight excluding hydrogens is 408 g/mol. The number of hydrogen-bond donors (Lipinski definition) is 0. The molecule has 3 heterocycles. The largest absolute Gasteiger partial charge is 0.422 e. The first kappa shape index (κ1) is 19.3. The molecular formula is C21H21ClN4O4. The van der Waals surface area contributed by atoms with Gasteiger partial charge in [0.2, 0.25) is 5.95 Å². The van der Waals surface area contributed by atoms with E-state index in [0.717, 1.165) is 42.5 Å². The highest BCUT2D eigenvalue weighted by Gasteiger charge is 2.57. The molecule has 0 saturated carbocycles. The maximum Gasteiger partial charge on any atom is 0.422 e. The van der Waals surface area contributed by atoms with E-state index < -0.39 is 17.8 Å². The fourth-order valence-electron chi connectivity index (χ4n) is 4.26. The SMILES string of the molecule is O=C1OC2(CN(Cc3ccc(Cl)cc3)CCN2c2ncc3c(n2)CCCC3)OC1=O. The Kier molecular flexibility index (Phi) is 4.83. The molecule has 0 bridgehead atoms. The Balaban J connectivity index is 1.43. The molecule has 2 aromatic rings. The second-order valence-electron chi connectivity index (χ2n) is 7.83. The van der Waals surface area contributed by atoms with Crippen LogP contribution < -0.4 is 4.90 Å². The van der Waals surface area contributed by atoms with E-state index >= 15 is 0 Å². The molecule has 1 aromatic carbocycles. The van der Waals surface area contributed by atoms with Gasteiger partial charge in [-0.2, -0.15) is 0 Å². The van der Waals surface area contributed by atoms with E-state index in [1.165, 1.54) is 0 Å². The molecule has 156 valence electrons. The minimum absolute atomic E-state index is 0.202. The molecule has 2 saturated heterocycles. The van der Waals surface area contributed by atoms with E-state index in [1.54, 1.807) is 4.90 Å². The second-order valence-corrected chi connectivity index (χ2v) is 8.27. The van der Waals surface area contributed by atoms with Crippen LogP contribution in [0.5, 0.6) is 0 Å². The lowest BCUT2D eigenvalue weighted by atomic mass is 9.98. The molecule has 9 heteroatoms. The van der Waals surface area contributed by atoms with Crippen LogP contribution in [0.4, 0.5) is 5.95 Å². The zero-order valence-electron chi connectivity index (χ0n) is 16.3. The van der Waals surface area contributed by atoms with Gasteiger partial charge in [-0.05, 0) is 48.9 Å². The second kappa shape index (κ2) is 7.52. The van der Waals surface area contributed by atoms with Gasteiger partial charge in [0.15, 0.2) is 0 Å². The van der Waals surface area contributed by atoms with Crippen molar-refractivity contribution in [1.82, 2.24) is 14.9 Å². The summed E-state index contributed by atoms with van der Waals surface area (Å²) in [5, 5.41) is 0.670. The molecule has 2 fully saturated rings. The quantitative estimate of drug-likeness (QED) is 0.542. The first-order valence-electron chi connectivity index (χ1n) is 10.1. The number of esters is 2. The van der Waals surface area contributed by atoms with Crippen molar-refractivity contribution in [2.24, 2.45) is 0 Å². The third-order valence-electron chi connectivity index (χ3n) is 5.76. The number of nitrogens with zero attached hydrogens (tertiary/aromatic N) is 4. The summed E-state index contributed by atoms with van der Waals surface area (Å²) >= 11 is 5.97. The number of hydrogen-bond acceptors (Lipinski definition) is 8. The number of halogens is 1. The van der Waals surface area contributed by atoms with Crippen molar-refractivity contribution in [2.45, 2.75) is 38.1 Å². The summed E-state index contributed by atoms with van der Waals surface area (Å²) in [5.41, 5.74) is 3.23. The number of rotatable bonds is 3. The Labute approximate surface area is 178 Å². The molecule has 0 amide bonds. The van der Waals surface area contributed by atoms with Crippen LogP contribution in [0, 0.1) is 0 Å². The molecule has 0 unspecified atom stereocenters. The van der Waals surface area contributed by atoms with Gasteiger partial charge in [-0.15, -0.1) is 0 Å². The number of anilines is 1. The average molecular weight is 429 g/mol. The van der Waals surface area contributed by atoms with Gasteiger partial charge < -0.3 is 9.47 Å². The molecule has 0 radical (unpaired) electrons. The van der Waals surface area contributed by atoms with Crippen LogP contribution in [0.15, 0.2) is 30.5 Å². The van der Waals surface area contributed by atoms with Crippen LogP contribution in [-0.4, -0.2) is 52.4 Å². The Morgan fingerprint density at radius 1 is 1.03 bits per heavy atom. The van der Waals surface area contributed by atoms with E-state index in [-0.39, 0.29) is 6.54 Å². The maximum absolute atomic E-state index is 12.0. The Morgan fingerprint density at radius 2 is 1.77 bits per heavy atom. The number of fused-ring (bicyclic) bond motifs is 1. The van der Waals surface area contributed by atoms with Crippen LogP contribution in [0.25, 0.3) is 0 Å². The summed E-state index contributed by atoms with van der Waals surface area (Å²) in [6, 6.07) is 7.56. The van der Waals surface area contributed by atoms with Gasteiger partial charge in [0.1, 0.15) is 0 Å². The van der Waals surface area contributed by atoms with E-state index in [4.69, 9.17) is 26.1 Å². The highest BCUT2D eigenvalue weighted by molar-refractivity contribution is 6.31. The summed E-state index contributed by atoms with van der Waals surface area (Å²) in [7, 11) is 0. The highest BCUT2D eigenvalue weighted by Crippen LogP contribution is 2.34. The molecule has 1 spiro atoms. The average Bonchev–Trinajstić information content (AvgIpc) is 3.02. The van der Waals surface area contributed by atoms with Gasteiger partial charge in [0.05, 0.1) is 6.54 Å². The van der Waals surface area contributed by atoms with Gasteiger partial charge in [0.25, 0.3) is 0 Å². The number of aryl methyl sites for hydroxylation is 2. The lowest BCUT2D eigenvalue weighted by Crippen LogP contribution is -2.64. The lowest BCUT2D eigenvalue weighted by Gasteiger charge is -2.44. The summed E-state index contributed by atoms with van der Waals surface area (Å²) in [6.07, 6.45) is 5.93. The van der Waals surface area contributed by atoms with E-state index in [9.17, 15) is 9.59 Å². The van der Waals surface area contributed by atoms with Gasteiger partial charge in [-0.3, -0.25) is 9.80 Å². The van der Waals surface area contributed by atoms with Crippen LogP contribution >= 0.6 is 11.6 Å². The third-order valence-corrected chi connectivity index (χ3v) is 6.01. The van der Waals surface area contributed by atoms with Crippen molar-refractivity contribution in [3.63, 3.8) is 0 Å². The molecule has 1 aromatic heterocycles. The van der Waals surface area contributed by atoms with E-state index in [1.807, 2.05) is 30.5 Å². The normalized spacial score (nSPS) is 20.8. The van der Waals surface area contributed by atoms with E-state index in [2.05, 4.69) is 9.88 Å². The molecule has 8 nitrogen and oxygen atoms in total. The molecule has 30 heavy (non-hydrogen) atoms. The molecule has 2 aliphatic heterocycles. The lowest BCUT2D eigenvalue weighted by molar-refractivity contribution is -0.193. The zero-order chi connectivity index (χ0) is 20.7. The van der Waals surface area contributed by atoms with Crippen molar-refractivity contribution < 1.29 is 19.1 Å². The van der Waals surface area contributed by atoms with Crippen molar-refractivity contribution in [1.29, 1.82) is 0 Å². The highest BCUT2D eigenvalue weighted by atomic mass is 35.5. The van der Waals surface area contributed by atoms with Crippen LogP contribution in [0.1, 0.15) is 29.7 Å². The van der Waals surface area contributed by atoms with Gasteiger partial charge in [-0.25, -0.2) is 19.6 Å². The number of aromatic nitrogens is 2. The molecule has 0 N–H and O–H groups in total. The van der Waals surface area contributed by atoms with Gasteiger partial charge >= 0.3 is 17.8 Å². The molecule has 0 atom stereocenters. The molecule has 3 aliphatic rings. The predicted molar refractivity (Wildman–Crippen MR) is 108 cm³/mol. The summed E-state index contributed by atoms with van der Waals surface area (Å²) in [6.45, 7) is 1.92. The molecule has 5 rings (SSSR count). The molecule has 1 aliphatic carbocycles. The van der Waals surface area contributed by atoms with Crippen LogP contribution in [-0.2, 0) is 38.4 Å². The Bertz CT molecular complexity index is 981. The van der Waals surface area contributed by atoms with Crippen LogP contribution in [0.2, 0.25) is 5.02 Å². The number of benzene rings is 1. The van der Waals surface area contributed by atoms with Gasteiger partial charge in [-0.1, -0.05) is 23.7 Å². The third kappa shape index (κ3) is 3.50. The standard InChI is InChI=1S/C21H21ClN4O4/c22-16-7-5-14(6-8-16)12-25-9-10-26(21(13-25)29-18(27)19(28)30-21)20-23-11-15-3-1-2-4-17(15)24-20/h5-8,11H,1-4,9-10,12-13H2. The number of carbonyl (C=O) groups excluding carboxylic acids is 2. The number of carbonyl (C=O) groups is 2. The monoisotopic (exact) mass is 428 g/mol. The summed E-state index contributed by atoms with van der Waals surface area (Å²) < 4.78 is 10.9. The fourth-order valence-corrected chi connectivity index (χ4v) is 4.38. The van der Waals surface area contributed by atoms with Crippen molar-refractivity contribution in [2.75, 3.05) is 24.5 Å². The van der Waals surface area contributed by atoms with Crippen molar-refractivity contribution in [3.8, 4) is 0 Å². The van der Waals surface area contributed by atoms with Gasteiger partial charge in [0, 0.05) is 36.5 Å². The van der Waals surface area contributed by atoms with Crippen molar-refractivity contribution >= 4 is 29.5 Å². The Hall–Kier alpha value is -2.71.